The molecule has 1 atom stereocenters. The first-order valence-corrected chi connectivity index (χ1v) is 7.23. The van der Waals surface area contributed by atoms with Gasteiger partial charge in [-0.25, -0.2) is 8.78 Å². The van der Waals surface area contributed by atoms with E-state index in [1.165, 1.54) is 4.90 Å². The van der Waals surface area contributed by atoms with E-state index in [9.17, 15) is 22.0 Å². The van der Waals surface area contributed by atoms with E-state index in [4.69, 9.17) is 0 Å². The third-order valence-electron chi connectivity index (χ3n) is 3.39. The normalized spacial score (nSPS) is 18.8. The zero-order chi connectivity index (χ0) is 15.6. The summed E-state index contributed by atoms with van der Waals surface area (Å²) in [4.78, 5) is 1.47. The van der Waals surface area contributed by atoms with Crippen LogP contribution in [0.4, 0.5) is 22.0 Å². The topological polar surface area (TPSA) is 15.3 Å². The average molecular weight is 373 g/mol. The van der Waals surface area contributed by atoms with Crippen LogP contribution in [0.15, 0.2) is 16.6 Å². The van der Waals surface area contributed by atoms with Gasteiger partial charge in [0.1, 0.15) is 11.6 Å². The lowest BCUT2D eigenvalue weighted by Crippen LogP contribution is -2.46. The van der Waals surface area contributed by atoms with E-state index in [0.717, 1.165) is 12.1 Å². The maximum absolute atomic E-state index is 14.0. The maximum atomic E-state index is 14.0. The second-order valence-electron chi connectivity index (χ2n) is 4.90. The Morgan fingerprint density at radius 2 is 1.67 bits per heavy atom. The van der Waals surface area contributed by atoms with Gasteiger partial charge in [0, 0.05) is 42.3 Å². The fourth-order valence-corrected chi connectivity index (χ4v) is 2.90. The highest BCUT2D eigenvalue weighted by Gasteiger charge is 2.38. The standard InChI is InChI=1S/C13H14BrF5N2/c14-8-5-9(15)12(10(16)6-8)11(7-13(17,18)19)21-3-1-20-2-4-21/h5-6,11,20H,1-4,7H2/t11-/m1/s1. The van der Waals surface area contributed by atoms with Crippen LogP contribution in [0, 0.1) is 11.6 Å². The minimum Gasteiger partial charge on any atom is -0.314 e. The summed E-state index contributed by atoms with van der Waals surface area (Å²) in [5.41, 5.74) is -0.516. The summed E-state index contributed by atoms with van der Waals surface area (Å²) in [6, 6.07) is 0.633. The van der Waals surface area contributed by atoms with E-state index in [2.05, 4.69) is 21.2 Å². The molecule has 21 heavy (non-hydrogen) atoms. The van der Waals surface area contributed by atoms with Gasteiger partial charge in [-0.2, -0.15) is 13.2 Å². The molecule has 1 aliphatic heterocycles. The molecular formula is C13H14BrF5N2. The summed E-state index contributed by atoms with van der Waals surface area (Å²) in [5, 5.41) is 3.00. The molecule has 0 aliphatic carbocycles. The summed E-state index contributed by atoms with van der Waals surface area (Å²) in [6.07, 6.45) is -5.77. The van der Waals surface area contributed by atoms with Crippen molar-refractivity contribution in [2.24, 2.45) is 0 Å². The van der Waals surface area contributed by atoms with Crippen LogP contribution in [0.5, 0.6) is 0 Å². The number of benzene rings is 1. The fourth-order valence-electron chi connectivity index (χ4n) is 2.50. The Labute approximate surface area is 127 Å². The van der Waals surface area contributed by atoms with E-state index >= 15 is 0 Å². The number of alkyl halides is 3. The van der Waals surface area contributed by atoms with Crippen LogP contribution < -0.4 is 5.32 Å². The largest absolute Gasteiger partial charge is 0.390 e. The van der Waals surface area contributed by atoms with Crippen LogP contribution in [0.2, 0.25) is 0 Å². The van der Waals surface area contributed by atoms with Gasteiger partial charge < -0.3 is 5.32 Å². The summed E-state index contributed by atoms with van der Waals surface area (Å²) in [7, 11) is 0. The molecule has 1 heterocycles. The summed E-state index contributed by atoms with van der Waals surface area (Å²) in [6.45, 7) is 1.62. The number of hydrogen-bond donors (Lipinski definition) is 1. The molecule has 8 heteroatoms. The SMILES string of the molecule is Fc1cc(Br)cc(F)c1[C@@H](CC(F)(F)F)N1CCNCC1. The van der Waals surface area contributed by atoms with Crippen LogP contribution in [-0.2, 0) is 0 Å². The minimum absolute atomic E-state index is 0.160. The number of halogens is 6. The lowest BCUT2D eigenvalue weighted by atomic mass is 9.99. The first-order valence-electron chi connectivity index (χ1n) is 6.44. The number of rotatable bonds is 3. The van der Waals surface area contributed by atoms with Gasteiger partial charge in [0.15, 0.2) is 0 Å². The number of nitrogens with one attached hydrogen (secondary N) is 1. The molecule has 0 unspecified atom stereocenters. The Morgan fingerprint density at radius 1 is 1.14 bits per heavy atom. The summed E-state index contributed by atoms with van der Waals surface area (Å²) < 4.78 is 66.6. The van der Waals surface area contributed by atoms with Crippen molar-refractivity contribution >= 4 is 15.9 Å². The molecular weight excluding hydrogens is 359 g/mol. The van der Waals surface area contributed by atoms with E-state index in [0.29, 0.717) is 26.2 Å². The lowest BCUT2D eigenvalue weighted by Gasteiger charge is -2.35. The Balaban J connectivity index is 2.39. The van der Waals surface area contributed by atoms with E-state index in [1.807, 2.05) is 0 Å². The van der Waals surface area contributed by atoms with Gasteiger partial charge in [-0.05, 0) is 12.1 Å². The van der Waals surface area contributed by atoms with Crippen molar-refractivity contribution in [1.82, 2.24) is 10.2 Å². The molecule has 0 saturated carbocycles. The molecule has 0 bridgehead atoms. The Kier molecular flexibility index (Phi) is 5.21. The van der Waals surface area contributed by atoms with Gasteiger partial charge in [-0.15, -0.1) is 0 Å². The van der Waals surface area contributed by atoms with E-state index < -0.39 is 35.8 Å². The average Bonchev–Trinajstić information content (AvgIpc) is 2.36. The molecule has 1 fully saturated rings. The van der Waals surface area contributed by atoms with E-state index in [1.54, 1.807) is 0 Å². The maximum Gasteiger partial charge on any atom is 0.390 e. The van der Waals surface area contributed by atoms with Gasteiger partial charge in [-0.3, -0.25) is 4.90 Å². The molecule has 0 aromatic heterocycles. The molecule has 1 aromatic rings. The zero-order valence-corrected chi connectivity index (χ0v) is 12.6. The minimum atomic E-state index is -4.50. The molecule has 1 N–H and O–H groups in total. The highest BCUT2D eigenvalue weighted by atomic mass is 79.9. The molecule has 2 nitrogen and oxygen atoms in total. The number of piperazine rings is 1. The Hall–Kier alpha value is -0.730. The van der Waals surface area contributed by atoms with Gasteiger partial charge in [0.25, 0.3) is 0 Å². The van der Waals surface area contributed by atoms with Crippen molar-refractivity contribution in [2.75, 3.05) is 26.2 Å². The van der Waals surface area contributed by atoms with Crippen LogP contribution >= 0.6 is 15.9 Å². The van der Waals surface area contributed by atoms with E-state index in [-0.39, 0.29) is 4.47 Å². The predicted octanol–water partition coefficient (Wildman–Crippen LogP) is 3.63. The number of nitrogens with zero attached hydrogens (tertiary/aromatic N) is 1. The van der Waals surface area contributed by atoms with Gasteiger partial charge in [-0.1, -0.05) is 15.9 Å². The van der Waals surface area contributed by atoms with Crippen LogP contribution in [0.25, 0.3) is 0 Å². The predicted molar refractivity (Wildman–Crippen MR) is 71.9 cm³/mol. The molecule has 0 spiro atoms. The van der Waals surface area contributed by atoms with Crippen LogP contribution in [-0.4, -0.2) is 37.3 Å². The first kappa shape index (κ1) is 16.6. The molecule has 0 radical (unpaired) electrons. The third-order valence-corrected chi connectivity index (χ3v) is 3.85. The van der Waals surface area contributed by atoms with Crippen molar-refractivity contribution in [2.45, 2.75) is 18.6 Å². The highest BCUT2D eigenvalue weighted by molar-refractivity contribution is 9.10. The first-order chi connectivity index (χ1) is 9.78. The third kappa shape index (κ3) is 4.37. The van der Waals surface area contributed by atoms with Crippen LogP contribution in [0.1, 0.15) is 18.0 Å². The molecule has 1 aromatic carbocycles. The van der Waals surface area contributed by atoms with Crippen LogP contribution in [0.3, 0.4) is 0 Å². The summed E-state index contributed by atoms with van der Waals surface area (Å²) >= 11 is 2.93. The monoisotopic (exact) mass is 372 g/mol. The molecule has 0 amide bonds. The van der Waals surface area contributed by atoms with Gasteiger partial charge >= 0.3 is 6.18 Å². The smallest absolute Gasteiger partial charge is 0.314 e. The van der Waals surface area contributed by atoms with Gasteiger partial charge in [0.05, 0.1) is 6.42 Å². The van der Waals surface area contributed by atoms with Crippen molar-refractivity contribution in [3.05, 3.63) is 33.8 Å². The number of hydrogen-bond acceptors (Lipinski definition) is 2. The molecule has 118 valence electrons. The van der Waals surface area contributed by atoms with Gasteiger partial charge in [0.2, 0.25) is 0 Å². The zero-order valence-electron chi connectivity index (χ0n) is 11.0. The van der Waals surface area contributed by atoms with Crippen molar-refractivity contribution in [1.29, 1.82) is 0 Å². The van der Waals surface area contributed by atoms with Crippen molar-refractivity contribution < 1.29 is 22.0 Å². The summed E-state index contributed by atoms with van der Waals surface area (Å²) in [5.74, 6) is -1.93. The van der Waals surface area contributed by atoms with Crippen molar-refractivity contribution in [3.63, 3.8) is 0 Å². The quantitative estimate of drug-likeness (QED) is 0.815. The molecule has 1 aliphatic rings. The van der Waals surface area contributed by atoms with Crippen molar-refractivity contribution in [3.8, 4) is 0 Å². The second kappa shape index (κ2) is 6.58. The fraction of sp³-hybridized carbons (Fsp3) is 0.538. The lowest BCUT2D eigenvalue weighted by molar-refractivity contribution is -0.149. The Morgan fingerprint density at radius 3 is 2.14 bits per heavy atom. The second-order valence-corrected chi connectivity index (χ2v) is 5.82. The highest BCUT2D eigenvalue weighted by Crippen LogP contribution is 2.37. The molecule has 1 saturated heterocycles. The Bertz CT molecular complexity index is 477. The molecule has 2 rings (SSSR count).